The zero-order valence-electron chi connectivity index (χ0n) is 6.53. The van der Waals surface area contributed by atoms with Crippen molar-refractivity contribution in [3.63, 3.8) is 0 Å². The number of fused-ring (bicyclic) bond motifs is 3. The van der Waals surface area contributed by atoms with Crippen LogP contribution in [0.5, 0.6) is 0 Å². The lowest BCUT2D eigenvalue weighted by Gasteiger charge is -2.43. The lowest BCUT2D eigenvalue weighted by atomic mass is 9.86. The molecule has 1 atom stereocenters. The minimum absolute atomic E-state index is 0.190. The van der Waals surface area contributed by atoms with Gasteiger partial charge in [0.05, 0.1) is 0 Å². The third-order valence-electron chi connectivity index (χ3n) is 2.83. The molecular weight excluding hydrogens is 142 g/mol. The summed E-state index contributed by atoms with van der Waals surface area (Å²) < 4.78 is 4.99. The average molecular weight is 155 g/mol. The molecule has 0 aromatic rings. The van der Waals surface area contributed by atoms with Gasteiger partial charge in [0.2, 0.25) is 0 Å². The van der Waals surface area contributed by atoms with Crippen LogP contribution in [0.25, 0.3) is 0 Å². The largest absolute Gasteiger partial charge is 0.463 e. The second kappa shape index (κ2) is 2.81. The van der Waals surface area contributed by atoms with E-state index in [4.69, 9.17) is 4.74 Å². The summed E-state index contributed by atoms with van der Waals surface area (Å²) in [4.78, 5) is 12.5. The number of piperidine rings is 3. The number of carbonyl (C=O) groups excluding carboxylic acids is 1. The van der Waals surface area contributed by atoms with E-state index < -0.39 is 0 Å². The van der Waals surface area contributed by atoms with Crippen molar-refractivity contribution in [2.75, 3.05) is 19.6 Å². The maximum Gasteiger partial charge on any atom is 0.293 e. The van der Waals surface area contributed by atoms with E-state index in [0.29, 0.717) is 12.4 Å². The van der Waals surface area contributed by atoms with Crippen molar-refractivity contribution in [2.45, 2.75) is 18.9 Å². The molecule has 0 amide bonds. The minimum atomic E-state index is 0.190. The van der Waals surface area contributed by atoms with Gasteiger partial charge in [0.25, 0.3) is 6.47 Å². The molecule has 3 rings (SSSR count). The number of hydrogen-bond acceptors (Lipinski definition) is 3. The molecule has 0 N–H and O–H groups in total. The van der Waals surface area contributed by atoms with Gasteiger partial charge in [-0.2, -0.15) is 0 Å². The molecule has 3 nitrogen and oxygen atoms in total. The first kappa shape index (κ1) is 7.10. The molecule has 3 heteroatoms. The van der Waals surface area contributed by atoms with Gasteiger partial charge in [-0.15, -0.1) is 0 Å². The van der Waals surface area contributed by atoms with E-state index in [1.54, 1.807) is 0 Å². The predicted octanol–water partition coefficient (Wildman–Crippen LogP) is 0.254. The SMILES string of the molecule is O=CO[C@H]1CN2CCC1CC2. The van der Waals surface area contributed by atoms with Crippen molar-refractivity contribution in [2.24, 2.45) is 5.92 Å². The molecule has 3 aliphatic rings. The van der Waals surface area contributed by atoms with Gasteiger partial charge in [0.15, 0.2) is 0 Å². The summed E-state index contributed by atoms with van der Waals surface area (Å²) in [6, 6.07) is 0. The van der Waals surface area contributed by atoms with Crippen LogP contribution in [-0.2, 0) is 9.53 Å². The Morgan fingerprint density at radius 1 is 1.36 bits per heavy atom. The smallest absolute Gasteiger partial charge is 0.293 e. The summed E-state index contributed by atoms with van der Waals surface area (Å²) in [5.41, 5.74) is 0. The molecule has 3 heterocycles. The second-order valence-corrected chi connectivity index (χ2v) is 3.41. The van der Waals surface area contributed by atoms with Crippen molar-refractivity contribution in [1.82, 2.24) is 4.90 Å². The molecule has 62 valence electrons. The lowest BCUT2D eigenvalue weighted by molar-refractivity contribution is -0.143. The molecule has 0 aliphatic carbocycles. The first-order chi connectivity index (χ1) is 5.40. The molecule has 3 fully saturated rings. The molecule has 0 unspecified atom stereocenters. The molecule has 0 saturated carbocycles. The molecule has 0 spiro atoms. The van der Waals surface area contributed by atoms with E-state index in [2.05, 4.69) is 4.90 Å². The van der Waals surface area contributed by atoms with Gasteiger partial charge < -0.3 is 4.74 Å². The molecule has 2 bridgehead atoms. The van der Waals surface area contributed by atoms with Crippen molar-refractivity contribution in [1.29, 1.82) is 0 Å². The highest BCUT2D eigenvalue weighted by atomic mass is 16.5. The Morgan fingerprint density at radius 2 is 2.09 bits per heavy atom. The van der Waals surface area contributed by atoms with E-state index in [1.807, 2.05) is 0 Å². The Labute approximate surface area is 66.3 Å². The summed E-state index contributed by atoms with van der Waals surface area (Å²) in [5.74, 6) is 0.644. The summed E-state index contributed by atoms with van der Waals surface area (Å²) >= 11 is 0. The lowest BCUT2D eigenvalue weighted by Crippen LogP contribution is -2.51. The van der Waals surface area contributed by atoms with Gasteiger partial charge in [-0.25, -0.2) is 0 Å². The third kappa shape index (κ3) is 1.25. The van der Waals surface area contributed by atoms with Crippen LogP contribution in [0, 0.1) is 5.92 Å². The molecule has 3 aliphatic heterocycles. The Hall–Kier alpha value is -0.570. The number of carbonyl (C=O) groups is 1. The maximum atomic E-state index is 10.1. The van der Waals surface area contributed by atoms with Crippen LogP contribution >= 0.6 is 0 Å². The Kier molecular flexibility index (Phi) is 1.82. The maximum absolute atomic E-state index is 10.1. The fourth-order valence-electron chi connectivity index (χ4n) is 2.14. The first-order valence-electron chi connectivity index (χ1n) is 4.21. The predicted molar refractivity (Wildman–Crippen MR) is 40.1 cm³/mol. The van der Waals surface area contributed by atoms with E-state index in [9.17, 15) is 4.79 Å². The minimum Gasteiger partial charge on any atom is -0.463 e. The van der Waals surface area contributed by atoms with Gasteiger partial charge in [-0.05, 0) is 31.8 Å². The van der Waals surface area contributed by atoms with Crippen LogP contribution in [0.3, 0.4) is 0 Å². The van der Waals surface area contributed by atoms with Crippen molar-refractivity contribution < 1.29 is 9.53 Å². The second-order valence-electron chi connectivity index (χ2n) is 3.41. The van der Waals surface area contributed by atoms with Crippen LogP contribution in [0.4, 0.5) is 0 Å². The number of ether oxygens (including phenoxy) is 1. The van der Waals surface area contributed by atoms with Crippen LogP contribution in [0.1, 0.15) is 12.8 Å². The fourth-order valence-corrected chi connectivity index (χ4v) is 2.14. The normalized spacial score (nSPS) is 42.0. The average Bonchev–Trinajstić information content (AvgIpc) is 2.07. The fraction of sp³-hybridized carbons (Fsp3) is 0.875. The highest BCUT2D eigenvalue weighted by molar-refractivity contribution is 5.37. The van der Waals surface area contributed by atoms with Crippen LogP contribution in [0.15, 0.2) is 0 Å². The Morgan fingerprint density at radius 3 is 2.55 bits per heavy atom. The number of rotatable bonds is 2. The highest BCUT2D eigenvalue weighted by Crippen LogP contribution is 2.28. The monoisotopic (exact) mass is 155 g/mol. The number of nitrogens with zero attached hydrogens (tertiary/aromatic N) is 1. The first-order valence-corrected chi connectivity index (χ1v) is 4.21. The topological polar surface area (TPSA) is 29.5 Å². The molecule has 0 aromatic heterocycles. The van der Waals surface area contributed by atoms with Gasteiger partial charge in [0, 0.05) is 6.54 Å². The molecule has 0 aromatic carbocycles. The van der Waals surface area contributed by atoms with Crippen LogP contribution in [0.2, 0.25) is 0 Å². The van der Waals surface area contributed by atoms with Crippen LogP contribution in [-0.4, -0.2) is 37.1 Å². The summed E-state index contributed by atoms with van der Waals surface area (Å²) in [5, 5.41) is 0. The summed E-state index contributed by atoms with van der Waals surface area (Å²) in [6.07, 6.45) is 2.60. The zero-order valence-corrected chi connectivity index (χ0v) is 6.53. The van der Waals surface area contributed by atoms with Gasteiger partial charge in [0.1, 0.15) is 6.10 Å². The van der Waals surface area contributed by atoms with Gasteiger partial charge in [-0.1, -0.05) is 0 Å². The van der Waals surface area contributed by atoms with E-state index in [1.165, 1.54) is 25.9 Å². The Bertz CT molecular complexity index is 152. The van der Waals surface area contributed by atoms with Crippen molar-refractivity contribution >= 4 is 6.47 Å². The van der Waals surface area contributed by atoms with Crippen LogP contribution < -0.4 is 0 Å². The van der Waals surface area contributed by atoms with E-state index >= 15 is 0 Å². The van der Waals surface area contributed by atoms with E-state index in [-0.39, 0.29) is 6.10 Å². The Balaban J connectivity index is 1.97. The third-order valence-corrected chi connectivity index (χ3v) is 2.83. The quantitative estimate of drug-likeness (QED) is 0.535. The molecule has 11 heavy (non-hydrogen) atoms. The molecular formula is C8H13NO2. The summed E-state index contributed by atoms with van der Waals surface area (Å²) in [6.45, 7) is 3.95. The number of hydrogen-bond donors (Lipinski definition) is 0. The van der Waals surface area contributed by atoms with Crippen molar-refractivity contribution in [3.8, 4) is 0 Å². The standard InChI is InChI=1S/C8H13NO2/c10-6-11-8-5-9-3-1-7(8)2-4-9/h6-8H,1-5H2/t8-/m0/s1. The van der Waals surface area contributed by atoms with E-state index in [0.717, 1.165) is 6.54 Å². The van der Waals surface area contributed by atoms with Crippen molar-refractivity contribution in [3.05, 3.63) is 0 Å². The molecule has 0 radical (unpaired) electrons. The van der Waals surface area contributed by atoms with Gasteiger partial charge >= 0.3 is 0 Å². The highest BCUT2D eigenvalue weighted by Gasteiger charge is 2.34. The zero-order chi connectivity index (χ0) is 7.68. The van der Waals surface area contributed by atoms with Gasteiger partial charge in [-0.3, -0.25) is 9.69 Å². The summed E-state index contributed by atoms with van der Waals surface area (Å²) in [7, 11) is 0. The molecule has 3 saturated heterocycles.